The van der Waals surface area contributed by atoms with Crippen LogP contribution in [0.2, 0.25) is 10.0 Å². The normalized spacial score (nSPS) is 16.7. The fraction of sp³-hybridized carbons (Fsp3) is 0.333. The lowest BCUT2D eigenvalue weighted by atomic mass is 9.93. The molecule has 4 aromatic rings. The summed E-state index contributed by atoms with van der Waals surface area (Å²) in [5.41, 5.74) is 5.31. The summed E-state index contributed by atoms with van der Waals surface area (Å²) >= 11 is 12.7. The van der Waals surface area contributed by atoms with Crippen molar-refractivity contribution in [2.75, 3.05) is 44.6 Å². The van der Waals surface area contributed by atoms with Crippen molar-refractivity contribution < 1.29 is 37.0 Å². The molecule has 1 aliphatic heterocycles. The van der Waals surface area contributed by atoms with Gasteiger partial charge in [0.15, 0.2) is 0 Å². The van der Waals surface area contributed by atoms with Crippen LogP contribution in [0.4, 0.5) is 10.5 Å². The van der Waals surface area contributed by atoms with Gasteiger partial charge in [-0.05, 0) is 78.3 Å². The Bertz CT molecular complexity index is 2120. The zero-order valence-corrected chi connectivity index (χ0v) is 30.9. The number of carbonyl (C=O) groups is 3. The number of halogens is 2. The Morgan fingerprint density at radius 2 is 1.85 bits per heavy atom. The van der Waals surface area contributed by atoms with Gasteiger partial charge in [0.05, 0.1) is 31.8 Å². The van der Waals surface area contributed by atoms with E-state index in [9.17, 15) is 22.8 Å². The van der Waals surface area contributed by atoms with Crippen molar-refractivity contribution in [2.24, 2.45) is 5.92 Å². The molecule has 0 bridgehead atoms. The summed E-state index contributed by atoms with van der Waals surface area (Å²) in [6.45, 7) is 2.56. The van der Waals surface area contributed by atoms with Gasteiger partial charge in [0.25, 0.3) is 5.91 Å². The van der Waals surface area contributed by atoms with E-state index in [0.717, 1.165) is 47.7 Å². The Morgan fingerprint density at radius 1 is 1.06 bits per heavy atom. The maximum absolute atomic E-state index is 13.3. The van der Waals surface area contributed by atoms with Gasteiger partial charge >= 0.3 is 12.1 Å². The minimum atomic E-state index is -3.62. The molecule has 16 heteroatoms. The van der Waals surface area contributed by atoms with E-state index >= 15 is 0 Å². The fourth-order valence-corrected chi connectivity index (χ4v) is 7.07. The average Bonchev–Trinajstić information content (AvgIpc) is 3.77. The summed E-state index contributed by atoms with van der Waals surface area (Å²) in [7, 11) is -2.48. The number of hydrogen-bond donors (Lipinski definition) is 2. The van der Waals surface area contributed by atoms with Crippen LogP contribution in [-0.2, 0) is 30.8 Å². The Labute approximate surface area is 311 Å². The molecule has 1 aliphatic carbocycles. The predicted octanol–water partition coefficient (Wildman–Crippen LogP) is 5.17. The van der Waals surface area contributed by atoms with Gasteiger partial charge in [-0.15, -0.1) is 0 Å². The third-order valence-corrected chi connectivity index (χ3v) is 10.5. The molecule has 2 N–H and O–H groups in total. The predicted molar refractivity (Wildman–Crippen MR) is 196 cm³/mol. The van der Waals surface area contributed by atoms with E-state index in [1.807, 2.05) is 37.4 Å². The highest BCUT2D eigenvalue weighted by atomic mass is 35.5. The minimum absolute atomic E-state index is 0.0782. The highest BCUT2D eigenvalue weighted by molar-refractivity contribution is 7.88. The van der Waals surface area contributed by atoms with Crippen LogP contribution in [0.25, 0.3) is 11.1 Å². The van der Waals surface area contributed by atoms with Crippen LogP contribution in [0, 0.1) is 12.8 Å². The van der Waals surface area contributed by atoms with Gasteiger partial charge in [0.2, 0.25) is 10.0 Å². The number of fused-ring (bicyclic) bond motifs is 3. The lowest BCUT2D eigenvalue weighted by molar-refractivity contribution is -0.142. The molecular formula is C36H37Cl2N5O8S. The third kappa shape index (κ3) is 8.52. The number of esters is 1. The Hall–Kier alpha value is -4.63. The van der Waals surface area contributed by atoms with Crippen LogP contribution in [-0.4, -0.2) is 81.9 Å². The first-order chi connectivity index (χ1) is 24.8. The van der Waals surface area contributed by atoms with Crippen LogP contribution in [0.1, 0.15) is 39.4 Å². The standard InChI is InChI=1S/C36H37Cl2N5O8S/c1-21-28(37)7-5-9-32(21)50-12-13-51-36(46)43-20-23-15-27(23)33-26(6-4-8-31(33)43)25-16-39-42(19-25)18-24-14-22(10-11-29(24)38)34(44)41-30(35(45)49-2)17-40-52(3,47)48/h4-11,14,16,19,23,27,30,40H,12-13,15,17-18,20H2,1-3H3,(H,41,44)/t23-,27-,30?/m0/s1. The molecule has 3 atom stereocenters. The molecule has 1 saturated carbocycles. The second kappa shape index (κ2) is 15.5. The Balaban J connectivity index is 1.14. The number of amides is 2. The first kappa shape index (κ1) is 37.1. The second-order valence-electron chi connectivity index (χ2n) is 12.7. The quantitative estimate of drug-likeness (QED) is 0.138. The van der Waals surface area contributed by atoms with Crippen LogP contribution < -0.4 is 19.7 Å². The molecule has 1 fully saturated rings. The number of sulfonamides is 1. The number of ether oxygens (including phenoxy) is 3. The smallest absolute Gasteiger partial charge is 0.414 e. The molecule has 3 aromatic carbocycles. The molecule has 52 heavy (non-hydrogen) atoms. The van der Waals surface area contributed by atoms with E-state index < -0.39 is 34.0 Å². The molecule has 1 aromatic heterocycles. The van der Waals surface area contributed by atoms with Crippen molar-refractivity contribution in [3.8, 4) is 16.9 Å². The van der Waals surface area contributed by atoms with Crippen LogP contribution >= 0.6 is 23.2 Å². The highest BCUT2D eigenvalue weighted by Gasteiger charge is 2.48. The van der Waals surface area contributed by atoms with Gasteiger partial charge in [0.1, 0.15) is 25.0 Å². The van der Waals surface area contributed by atoms with Crippen molar-refractivity contribution in [1.82, 2.24) is 19.8 Å². The third-order valence-electron chi connectivity index (χ3n) is 9.01. The van der Waals surface area contributed by atoms with Crippen molar-refractivity contribution in [1.29, 1.82) is 0 Å². The number of aromatic nitrogens is 2. The number of benzene rings is 3. The Morgan fingerprint density at radius 3 is 2.62 bits per heavy atom. The molecule has 0 spiro atoms. The molecule has 13 nitrogen and oxygen atoms in total. The summed E-state index contributed by atoms with van der Waals surface area (Å²) in [4.78, 5) is 40.3. The zero-order valence-electron chi connectivity index (χ0n) is 28.6. The lowest BCUT2D eigenvalue weighted by Gasteiger charge is -2.29. The number of carbonyl (C=O) groups excluding carboxylic acids is 3. The summed E-state index contributed by atoms with van der Waals surface area (Å²) in [5, 5.41) is 8.08. The summed E-state index contributed by atoms with van der Waals surface area (Å²) in [6, 6.07) is 14.7. The summed E-state index contributed by atoms with van der Waals surface area (Å²) < 4.78 is 43.2. The van der Waals surface area contributed by atoms with Gasteiger partial charge in [-0.25, -0.2) is 22.7 Å². The SMILES string of the molecule is COC(=O)C(CNS(C)(=O)=O)NC(=O)c1ccc(Cl)c(Cn2cc(-c3cccc4c3[C@H]3C[C@H]3CN4C(=O)OCCOc3cccc(Cl)c3C)cn2)c1. The van der Waals surface area contributed by atoms with Crippen LogP contribution in [0.15, 0.2) is 67.0 Å². The second-order valence-corrected chi connectivity index (χ2v) is 15.3. The van der Waals surface area contributed by atoms with E-state index in [1.165, 1.54) is 6.07 Å². The molecule has 0 saturated heterocycles. The summed E-state index contributed by atoms with van der Waals surface area (Å²) in [5.74, 6) is -0.137. The zero-order chi connectivity index (χ0) is 37.2. The van der Waals surface area contributed by atoms with Crippen LogP contribution in [0.5, 0.6) is 5.75 Å². The minimum Gasteiger partial charge on any atom is -0.490 e. The van der Waals surface area contributed by atoms with Crippen molar-refractivity contribution >= 4 is 56.9 Å². The van der Waals surface area contributed by atoms with Crippen molar-refractivity contribution in [2.45, 2.75) is 31.8 Å². The van der Waals surface area contributed by atoms with E-state index in [0.29, 0.717) is 39.7 Å². The summed E-state index contributed by atoms with van der Waals surface area (Å²) in [6.07, 6.45) is 5.10. The van der Waals surface area contributed by atoms with E-state index in [-0.39, 0.29) is 31.9 Å². The Kier molecular flexibility index (Phi) is 11.1. The average molecular weight is 771 g/mol. The van der Waals surface area contributed by atoms with E-state index in [1.54, 1.807) is 40.0 Å². The first-order valence-electron chi connectivity index (χ1n) is 16.4. The molecule has 2 amide bonds. The molecule has 274 valence electrons. The lowest BCUT2D eigenvalue weighted by Crippen LogP contribution is -2.48. The van der Waals surface area contributed by atoms with Gasteiger partial charge in [-0.3, -0.25) is 14.4 Å². The van der Waals surface area contributed by atoms with Gasteiger partial charge in [0, 0.05) is 46.0 Å². The number of nitrogens with one attached hydrogen (secondary N) is 2. The molecule has 6 rings (SSSR count). The first-order valence-corrected chi connectivity index (χ1v) is 19.1. The maximum Gasteiger partial charge on any atom is 0.414 e. The number of anilines is 1. The molecule has 1 unspecified atom stereocenters. The van der Waals surface area contributed by atoms with Gasteiger partial charge < -0.3 is 19.5 Å². The number of rotatable bonds is 13. The number of methoxy groups -OCH3 is 1. The number of nitrogens with zero attached hydrogens (tertiary/aromatic N) is 3. The van der Waals surface area contributed by atoms with E-state index in [2.05, 4.69) is 15.1 Å². The van der Waals surface area contributed by atoms with E-state index in [4.69, 9.17) is 37.4 Å². The number of hydrogen-bond acceptors (Lipinski definition) is 9. The topological polar surface area (TPSA) is 158 Å². The monoisotopic (exact) mass is 769 g/mol. The maximum atomic E-state index is 13.3. The van der Waals surface area contributed by atoms with Crippen molar-refractivity contribution in [3.63, 3.8) is 0 Å². The molecule has 2 aliphatic rings. The molecule has 2 heterocycles. The fourth-order valence-electron chi connectivity index (χ4n) is 6.25. The largest absolute Gasteiger partial charge is 0.490 e. The molecular weight excluding hydrogens is 733 g/mol. The van der Waals surface area contributed by atoms with Crippen molar-refractivity contribution in [3.05, 3.63) is 99.3 Å². The van der Waals surface area contributed by atoms with Gasteiger partial charge in [-0.1, -0.05) is 41.4 Å². The van der Waals surface area contributed by atoms with Crippen LogP contribution in [0.3, 0.4) is 0 Å². The highest BCUT2D eigenvalue weighted by Crippen LogP contribution is 2.57. The van der Waals surface area contributed by atoms with Gasteiger partial charge in [-0.2, -0.15) is 5.10 Å². The molecule has 0 radical (unpaired) electrons.